The molecule has 5 heteroatoms. The van der Waals surface area contributed by atoms with E-state index in [1.165, 1.54) is 13.2 Å². The number of hydrogen-bond donors (Lipinski definition) is 0. The average molecular weight is 309 g/mol. The molecule has 23 heavy (non-hydrogen) atoms. The van der Waals surface area contributed by atoms with Gasteiger partial charge in [-0.25, -0.2) is 0 Å². The van der Waals surface area contributed by atoms with Crippen LogP contribution in [0.5, 0.6) is 11.5 Å². The van der Waals surface area contributed by atoms with Gasteiger partial charge in [-0.3, -0.25) is 10.1 Å². The Labute approximate surface area is 134 Å². The van der Waals surface area contributed by atoms with Gasteiger partial charge in [0, 0.05) is 6.08 Å². The molecule has 5 nitrogen and oxygen atoms in total. The summed E-state index contributed by atoms with van der Waals surface area (Å²) in [5.74, 6) is 3.33. The first-order valence-corrected chi connectivity index (χ1v) is 6.81. The molecule has 0 aromatic heterocycles. The molecule has 0 saturated carbocycles. The Hall–Kier alpha value is -3.26. The summed E-state index contributed by atoms with van der Waals surface area (Å²) >= 11 is 0. The molecule has 0 saturated heterocycles. The number of hydrogen-bond acceptors (Lipinski definition) is 4. The van der Waals surface area contributed by atoms with Gasteiger partial charge in [-0.05, 0) is 29.8 Å². The molecule has 0 atom stereocenters. The Morgan fingerprint density at radius 2 is 2.00 bits per heavy atom. The van der Waals surface area contributed by atoms with Crippen LogP contribution in [0.15, 0.2) is 48.5 Å². The molecule has 0 bridgehead atoms. The number of nitro groups is 1. The number of nitrogens with zero attached hydrogens (tertiary/aromatic N) is 1. The third-order valence-electron chi connectivity index (χ3n) is 3.07. The van der Waals surface area contributed by atoms with Gasteiger partial charge < -0.3 is 9.47 Å². The molecule has 0 unspecified atom stereocenters. The highest BCUT2D eigenvalue weighted by Gasteiger charge is 2.14. The SMILES string of the molecule is C#CCOc1ccc(/C=C(/c2ccccc2)[N+](=O)[O-])cc1OC. The van der Waals surface area contributed by atoms with Gasteiger partial charge in [0.05, 0.1) is 17.6 Å². The van der Waals surface area contributed by atoms with Crippen molar-refractivity contribution in [3.8, 4) is 23.8 Å². The second-order valence-corrected chi connectivity index (χ2v) is 4.56. The van der Waals surface area contributed by atoms with Gasteiger partial charge in [-0.15, -0.1) is 6.42 Å². The van der Waals surface area contributed by atoms with Crippen molar-refractivity contribution in [1.29, 1.82) is 0 Å². The van der Waals surface area contributed by atoms with Crippen molar-refractivity contribution in [3.05, 3.63) is 69.8 Å². The summed E-state index contributed by atoms with van der Waals surface area (Å²) in [7, 11) is 1.50. The fraction of sp³-hybridized carbons (Fsp3) is 0.111. The van der Waals surface area contributed by atoms with Crippen LogP contribution in [0.2, 0.25) is 0 Å². The average Bonchev–Trinajstić information content (AvgIpc) is 2.58. The molecule has 2 rings (SSSR count). The summed E-state index contributed by atoms with van der Waals surface area (Å²) < 4.78 is 10.6. The molecule has 0 aliphatic carbocycles. The van der Waals surface area contributed by atoms with Crippen LogP contribution in [0.4, 0.5) is 0 Å². The molecular weight excluding hydrogens is 294 g/mol. The molecule has 0 fully saturated rings. The highest BCUT2D eigenvalue weighted by Crippen LogP contribution is 2.30. The van der Waals surface area contributed by atoms with Crippen LogP contribution in [0.3, 0.4) is 0 Å². The van der Waals surface area contributed by atoms with Crippen LogP contribution in [0, 0.1) is 22.5 Å². The van der Waals surface area contributed by atoms with Crippen LogP contribution < -0.4 is 9.47 Å². The fourth-order valence-electron chi connectivity index (χ4n) is 2.02. The van der Waals surface area contributed by atoms with Gasteiger partial charge in [-0.2, -0.15) is 0 Å². The van der Waals surface area contributed by atoms with Crippen LogP contribution in [-0.2, 0) is 0 Å². The molecule has 2 aromatic rings. The van der Waals surface area contributed by atoms with E-state index in [2.05, 4.69) is 5.92 Å². The highest BCUT2D eigenvalue weighted by molar-refractivity contribution is 5.77. The zero-order valence-corrected chi connectivity index (χ0v) is 12.6. The number of terminal acetylenes is 1. The lowest BCUT2D eigenvalue weighted by Gasteiger charge is -2.09. The molecule has 0 radical (unpaired) electrons. The molecule has 0 aliphatic rings. The maximum Gasteiger partial charge on any atom is 0.277 e. The fourth-order valence-corrected chi connectivity index (χ4v) is 2.02. The van der Waals surface area contributed by atoms with Crippen molar-refractivity contribution in [2.45, 2.75) is 0 Å². The van der Waals surface area contributed by atoms with Crippen molar-refractivity contribution in [1.82, 2.24) is 0 Å². The smallest absolute Gasteiger partial charge is 0.277 e. The maximum atomic E-state index is 11.3. The van der Waals surface area contributed by atoms with Crippen LogP contribution in [0.1, 0.15) is 11.1 Å². The molecular formula is C18H15NO4. The Balaban J connectivity index is 2.40. The summed E-state index contributed by atoms with van der Waals surface area (Å²) in [5.41, 5.74) is 1.17. The zero-order chi connectivity index (χ0) is 16.7. The van der Waals surface area contributed by atoms with Gasteiger partial charge >= 0.3 is 0 Å². The van der Waals surface area contributed by atoms with E-state index in [0.29, 0.717) is 22.6 Å². The minimum Gasteiger partial charge on any atom is -0.493 e. The summed E-state index contributed by atoms with van der Waals surface area (Å²) in [4.78, 5) is 10.9. The van der Waals surface area contributed by atoms with E-state index in [-0.39, 0.29) is 12.3 Å². The molecule has 0 amide bonds. The molecule has 0 aliphatic heterocycles. The number of rotatable bonds is 6. The van der Waals surface area contributed by atoms with Crippen LogP contribution in [0.25, 0.3) is 11.8 Å². The minimum atomic E-state index is -0.412. The summed E-state index contributed by atoms with van der Waals surface area (Å²) in [6.45, 7) is 0.121. The van der Waals surface area contributed by atoms with E-state index in [0.717, 1.165) is 0 Å². The second-order valence-electron chi connectivity index (χ2n) is 4.56. The standard InChI is InChI=1S/C18H15NO4/c1-3-11-23-17-10-9-14(13-18(17)22-2)12-16(19(20)21)15-7-5-4-6-8-15/h1,4-10,12-13H,11H2,2H3/b16-12-. The van der Waals surface area contributed by atoms with Crippen molar-refractivity contribution < 1.29 is 14.4 Å². The largest absolute Gasteiger partial charge is 0.493 e. The first kappa shape index (κ1) is 16.1. The van der Waals surface area contributed by atoms with Crippen LogP contribution >= 0.6 is 0 Å². The predicted octanol–water partition coefficient (Wildman–Crippen LogP) is 3.48. The predicted molar refractivity (Wildman–Crippen MR) is 88.6 cm³/mol. The number of ether oxygens (including phenoxy) is 2. The van der Waals surface area contributed by atoms with Crippen molar-refractivity contribution in [2.24, 2.45) is 0 Å². The quantitative estimate of drug-likeness (QED) is 0.355. The summed E-state index contributed by atoms with van der Waals surface area (Å²) in [6.07, 6.45) is 6.65. The Morgan fingerprint density at radius 1 is 1.26 bits per heavy atom. The molecule has 116 valence electrons. The lowest BCUT2D eigenvalue weighted by Crippen LogP contribution is -1.99. The van der Waals surface area contributed by atoms with Crippen LogP contribution in [-0.4, -0.2) is 18.6 Å². The first-order valence-electron chi connectivity index (χ1n) is 6.81. The van der Waals surface area contributed by atoms with E-state index in [1.54, 1.807) is 42.5 Å². The van der Waals surface area contributed by atoms with Gasteiger partial charge in [0.15, 0.2) is 11.5 Å². The highest BCUT2D eigenvalue weighted by atomic mass is 16.6. The van der Waals surface area contributed by atoms with Crippen molar-refractivity contribution in [2.75, 3.05) is 13.7 Å². The van der Waals surface area contributed by atoms with Gasteiger partial charge in [0.2, 0.25) is 0 Å². The molecule has 0 spiro atoms. The number of methoxy groups -OCH3 is 1. The third kappa shape index (κ3) is 4.11. The summed E-state index contributed by atoms with van der Waals surface area (Å²) in [6, 6.07) is 13.7. The Morgan fingerprint density at radius 3 is 2.61 bits per heavy atom. The van der Waals surface area contributed by atoms with Crippen molar-refractivity contribution >= 4 is 11.8 Å². The Bertz CT molecular complexity index is 760. The van der Waals surface area contributed by atoms with E-state index < -0.39 is 4.92 Å². The van der Waals surface area contributed by atoms with Gasteiger partial charge in [-0.1, -0.05) is 30.2 Å². The van der Waals surface area contributed by atoms with E-state index in [4.69, 9.17) is 15.9 Å². The normalized spacial score (nSPS) is 10.7. The number of benzene rings is 2. The second kappa shape index (κ2) is 7.66. The first-order chi connectivity index (χ1) is 11.2. The lowest BCUT2D eigenvalue weighted by atomic mass is 10.1. The van der Waals surface area contributed by atoms with E-state index >= 15 is 0 Å². The van der Waals surface area contributed by atoms with E-state index in [1.807, 2.05) is 6.07 Å². The topological polar surface area (TPSA) is 61.6 Å². The van der Waals surface area contributed by atoms with Crippen molar-refractivity contribution in [3.63, 3.8) is 0 Å². The minimum absolute atomic E-state index is 0.00458. The molecule has 0 heterocycles. The monoisotopic (exact) mass is 309 g/mol. The van der Waals surface area contributed by atoms with Gasteiger partial charge in [0.25, 0.3) is 5.70 Å². The maximum absolute atomic E-state index is 11.3. The molecule has 2 aromatic carbocycles. The third-order valence-corrected chi connectivity index (χ3v) is 3.07. The Kier molecular flexibility index (Phi) is 5.37. The molecule has 0 N–H and O–H groups in total. The lowest BCUT2D eigenvalue weighted by molar-refractivity contribution is -0.374. The zero-order valence-electron chi connectivity index (χ0n) is 12.6. The summed E-state index contributed by atoms with van der Waals surface area (Å²) in [5, 5.41) is 11.3. The van der Waals surface area contributed by atoms with E-state index in [9.17, 15) is 10.1 Å². The van der Waals surface area contributed by atoms with Gasteiger partial charge in [0.1, 0.15) is 6.61 Å².